The van der Waals surface area contributed by atoms with Gasteiger partial charge in [-0.3, -0.25) is 0 Å². The molecule has 0 bridgehead atoms. The molecule has 0 aromatic rings. The van der Waals surface area contributed by atoms with Gasteiger partial charge in [-0.25, -0.2) is 13.1 Å². The molecule has 0 radical (unpaired) electrons. The van der Waals surface area contributed by atoms with E-state index in [1.165, 1.54) is 0 Å². The zero-order valence-corrected chi connectivity index (χ0v) is 8.81. The molecule has 2 saturated carbocycles. The van der Waals surface area contributed by atoms with Gasteiger partial charge >= 0.3 is 0 Å². The van der Waals surface area contributed by atoms with Crippen molar-refractivity contribution < 1.29 is 8.42 Å². The summed E-state index contributed by atoms with van der Waals surface area (Å²) in [4.78, 5) is 0. The third-order valence-corrected chi connectivity index (χ3v) is 5.00. The van der Waals surface area contributed by atoms with E-state index in [0.717, 1.165) is 32.1 Å². The van der Waals surface area contributed by atoms with Crippen molar-refractivity contribution in [3.05, 3.63) is 0 Å². The number of rotatable bonds is 3. The fraction of sp³-hybridized carbons (Fsp3) is 1.00. The van der Waals surface area contributed by atoms with E-state index in [-0.39, 0.29) is 11.3 Å². The van der Waals surface area contributed by atoms with Crippen molar-refractivity contribution in [2.24, 2.45) is 5.92 Å². The van der Waals surface area contributed by atoms with E-state index in [4.69, 9.17) is 0 Å². The molecule has 76 valence electrons. The fourth-order valence-electron chi connectivity index (χ4n) is 2.02. The summed E-state index contributed by atoms with van der Waals surface area (Å²) in [6.07, 6.45) is 4.92. The Labute approximate surface area is 80.0 Å². The van der Waals surface area contributed by atoms with Crippen molar-refractivity contribution in [2.75, 3.05) is 0 Å². The molecule has 13 heavy (non-hydrogen) atoms. The van der Waals surface area contributed by atoms with Gasteiger partial charge in [0.05, 0.1) is 5.25 Å². The van der Waals surface area contributed by atoms with E-state index in [1.807, 2.05) is 0 Å². The normalized spacial score (nSPS) is 35.2. The molecule has 2 fully saturated rings. The van der Waals surface area contributed by atoms with E-state index in [0.29, 0.717) is 5.92 Å². The van der Waals surface area contributed by atoms with Crippen LogP contribution < -0.4 is 4.72 Å². The Balaban J connectivity index is 1.90. The lowest BCUT2D eigenvalue weighted by atomic mass is 10.1. The fourth-order valence-corrected chi connectivity index (χ4v) is 3.65. The van der Waals surface area contributed by atoms with Crippen LogP contribution in [0.3, 0.4) is 0 Å². The summed E-state index contributed by atoms with van der Waals surface area (Å²) in [6, 6.07) is 0.223. The van der Waals surface area contributed by atoms with Gasteiger partial charge in [-0.2, -0.15) is 0 Å². The molecular formula is C9H17NO2S. The molecular weight excluding hydrogens is 186 g/mol. The van der Waals surface area contributed by atoms with Crippen LogP contribution in [0, 0.1) is 5.92 Å². The Kier molecular flexibility index (Phi) is 2.36. The Morgan fingerprint density at radius 2 is 1.85 bits per heavy atom. The highest BCUT2D eigenvalue weighted by molar-refractivity contribution is 7.90. The molecule has 2 aliphatic rings. The lowest BCUT2D eigenvalue weighted by Crippen LogP contribution is -2.35. The minimum Gasteiger partial charge on any atom is -0.212 e. The Hall–Kier alpha value is -0.0900. The summed E-state index contributed by atoms with van der Waals surface area (Å²) >= 11 is 0. The van der Waals surface area contributed by atoms with Gasteiger partial charge in [0.1, 0.15) is 0 Å². The summed E-state index contributed by atoms with van der Waals surface area (Å²) in [7, 11) is -2.94. The average Bonchev–Trinajstić information content (AvgIpc) is 2.78. The van der Waals surface area contributed by atoms with Crippen LogP contribution >= 0.6 is 0 Å². The zero-order valence-electron chi connectivity index (χ0n) is 7.99. The van der Waals surface area contributed by atoms with Crippen molar-refractivity contribution in [3.8, 4) is 0 Å². The average molecular weight is 203 g/mol. The molecule has 2 atom stereocenters. The number of hydrogen-bond donors (Lipinski definition) is 1. The van der Waals surface area contributed by atoms with Gasteiger partial charge in [-0.1, -0.05) is 6.92 Å². The van der Waals surface area contributed by atoms with Gasteiger partial charge in [0, 0.05) is 6.04 Å². The van der Waals surface area contributed by atoms with E-state index in [1.54, 1.807) is 0 Å². The Bertz CT molecular complexity index is 282. The molecule has 2 rings (SSSR count). The summed E-state index contributed by atoms with van der Waals surface area (Å²) in [6.45, 7) is 2.19. The van der Waals surface area contributed by atoms with Gasteiger partial charge in [0.15, 0.2) is 0 Å². The molecule has 0 aliphatic heterocycles. The van der Waals surface area contributed by atoms with Crippen LogP contribution in [-0.2, 0) is 10.0 Å². The van der Waals surface area contributed by atoms with Crippen LogP contribution in [0.2, 0.25) is 0 Å². The number of hydrogen-bond acceptors (Lipinski definition) is 2. The first kappa shape index (κ1) is 9.46. The number of nitrogens with one attached hydrogen (secondary N) is 1. The predicted octanol–water partition coefficient (Wildman–Crippen LogP) is 1.26. The minimum atomic E-state index is -2.94. The second kappa shape index (κ2) is 3.24. The van der Waals surface area contributed by atoms with Crippen LogP contribution in [0.15, 0.2) is 0 Å². The maximum absolute atomic E-state index is 11.5. The second-order valence-corrected chi connectivity index (χ2v) is 6.47. The predicted molar refractivity (Wildman–Crippen MR) is 51.9 cm³/mol. The smallest absolute Gasteiger partial charge is 0.212 e. The quantitative estimate of drug-likeness (QED) is 0.750. The molecule has 4 heteroatoms. The topological polar surface area (TPSA) is 46.2 Å². The monoisotopic (exact) mass is 203 g/mol. The van der Waals surface area contributed by atoms with Crippen molar-refractivity contribution in [3.63, 3.8) is 0 Å². The lowest BCUT2D eigenvalue weighted by Gasteiger charge is -2.11. The lowest BCUT2D eigenvalue weighted by molar-refractivity contribution is 0.537. The standard InChI is InChI=1S/C9H17NO2S/c1-7-2-3-8(6-7)10-13(11,12)9-4-5-9/h7-10H,2-6H2,1H3/t7-,8+/m1/s1. The second-order valence-electron chi connectivity index (χ2n) is 4.48. The third kappa shape index (κ3) is 2.23. The summed E-state index contributed by atoms with van der Waals surface area (Å²) in [5.41, 5.74) is 0. The van der Waals surface area contributed by atoms with Crippen LogP contribution in [0.1, 0.15) is 39.0 Å². The van der Waals surface area contributed by atoms with Crippen LogP contribution in [0.25, 0.3) is 0 Å². The highest BCUT2D eigenvalue weighted by Crippen LogP contribution is 2.30. The highest BCUT2D eigenvalue weighted by Gasteiger charge is 2.37. The molecule has 2 aliphatic carbocycles. The van der Waals surface area contributed by atoms with Crippen LogP contribution in [0.4, 0.5) is 0 Å². The van der Waals surface area contributed by atoms with E-state index >= 15 is 0 Å². The molecule has 3 nitrogen and oxygen atoms in total. The Morgan fingerprint density at radius 1 is 1.15 bits per heavy atom. The molecule has 0 spiro atoms. The first-order chi connectivity index (χ1) is 6.08. The summed E-state index contributed by atoms with van der Waals surface area (Å²) in [5, 5.41) is -0.0663. The highest BCUT2D eigenvalue weighted by atomic mass is 32.2. The van der Waals surface area contributed by atoms with Crippen LogP contribution in [-0.4, -0.2) is 19.7 Å². The minimum absolute atomic E-state index is 0.0663. The molecule has 1 N–H and O–H groups in total. The zero-order chi connectivity index (χ0) is 9.47. The van der Waals surface area contributed by atoms with Gasteiger partial charge in [0.2, 0.25) is 10.0 Å². The van der Waals surface area contributed by atoms with E-state index in [2.05, 4.69) is 11.6 Å². The molecule has 0 saturated heterocycles. The molecule has 0 unspecified atom stereocenters. The summed E-state index contributed by atoms with van der Waals surface area (Å²) in [5.74, 6) is 0.687. The SMILES string of the molecule is C[C@@H]1CC[C@H](NS(=O)(=O)C2CC2)C1. The summed E-state index contributed by atoms with van der Waals surface area (Å²) < 4.78 is 25.9. The van der Waals surface area contributed by atoms with Gasteiger partial charge in [0.25, 0.3) is 0 Å². The van der Waals surface area contributed by atoms with Gasteiger partial charge in [-0.05, 0) is 38.0 Å². The first-order valence-electron chi connectivity index (χ1n) is 5.09. The maximum atomic E-state index is 11.5. The number of sulfonamides is 1. The molecule has 0 amide bonds. The molecule has 0 aromatic heterocycles. The van der Waals surface area contributed by atoms with Gasteiger partial charge in [-0.15, -0.1) is 0 Å². The maximum Gasteiger partial charge on any atom is 0.214 e. The van der Waals surface area contributed by atoms with Crippen LogP contribution in [0.5, 0.6) is 0 Å². The molecule has 0 heterocycles. The first-order valence-corrected chi connectivity index (χ1v) is 6.63. The van der Waals surface area contributed by atoms with Crippen molar-refractivity contribution in [1.82, 2.24) is 4.72 Å². The van der Waals surface area contributed by atoms with Gasteiger partial charge < -0.3 is 0 Å². The third-order valence-electron chi connectivity index (χ3n) is 2.99. The van der Waals surface area contributed by atoms with E-state index < -0.39 is 10.0 Å². The largest absolute Gasteiger partial charge is 0.214 e. The Morgan fingerprint density at radius 3 is 2.31 bits per heavy atom. The molecule has 0 aromatic carbocycles. The van der Waals surface area contributed by atoms with Crippen molar-refractivity contribution >= 4 is 10.0 Å². The van der Waals surface area contributed by atoms with Crippen molar-refractivity contribution in [1.29, 1.82) is 0 Å². The van der Waals surface area contributed by atoms with E-state index in [9.17, 15) is 8.42 Å². The van der Waals surface area contributed by atoms with Crippen molar-refractivity contribution in [2.45, 2.75) is 50.3 Å².